The molecule has 1 aromatic rings. The lowest BCUT2D eigenvalue weighted by Gasteiger charge is -2.30. The molecule has 3 nitrogen and oxygen atoms in total. The Morgan fingerprint density at radius 3 is 2.87 bits per heavy atom. The molecule has 15 heavy (non-hydrogen) atoms. The van der Waals surface area contributed by atoms with E-state index in [0.717, 1.165) is 34.3 Å². The van der Waals surface area contributed by atoms with Crippen molar-refractivity contribution in [1.29, 1.82) is 0 Å². The minimum Gasteiger partial charge on any atom is -0.411 e. The zero-order valence-corrected chi connectivity index (χ0v) is 10.4. The fourth-order valence-corrected chi connectivity index (χ4v) is 2.34. The minimum atomic E-state index is 0.120. The Labute approximate surface area is 97.3 Å². The molecular formula is C11H13BrN2O. The van der Waals surface area contributed by atoms with Crippen molar-refractivity contribution in [1.82, 2.24) is 4.98 Å². The summed E-state index contributed by atoms with van der Waals surface area (Å²) in [5, 5.41) is 12.4. The summed E-state index contributed by atoms with van der Waals surface area (Å²) in [6.45, 7) is 4.32. The van der Waals surface area contributed by atoms with E-state index in [-0.39, 0.29) is 5.41 Å². The van der Waals surface area contributed by atoms with E-state index in [4.69, 9.17) is 5.21 Å². The molecule has 0 radical (unpaired) electrons. The molecular weight excluding hydrogens is 256 g/mol. The Morgan fingerprint density at radius 2 is 2.20 bits per heavy atom. The second kappa shape index (κ2) is 3.59. The molecule has 1 N–H and O–H groups in total. The highest BCUT2D eigenvalue weighted by atomic mass is 79.9. The van der Waals surface area contributed by atoms with E-state index in [9.17, 15) is 0 Å². The van der Waals surface area contributed by atoms with Gasteiger partial charge < -0.3 is 5.21 Å². The van der Waals surface area contributed by atoms with Gasteiger partial charge >= 0.3 is 0 Å². The number of oxime groups is 1. The Hall–Kier alpha value is -0.900. The minimum absolute atomic E-state index is 0.120. The van der Waals surface area contributed by atoms with E-state index in [1.54, 1.807) is 6.20 Å². The maximum absolute atomic E-state index is 9.01. The topological polar surface area (TPSA) is 45.5 Å². The van der Waals surface area contributed by atoms with Crippen molar-refractivity contribution in [3.63, 3.8) is 0 Å². The summed E-state index contributed by atoms with van der Waals surface area (Å²) in [5.41, 5.74) is 2.83. The number of aromatic nitrogens is 1. The predicted octanol–water partition coefficient (Wildman–Crippen LogP) is 2.99. The van der Waals surface area contributed by atoms with Crippen LogP contribution in [0.2, 0.25) is 0 Å². The number of hydrogen-bond acceptors (Lipinski definition) is 3. The molecule has 1 heterocycles. The molecule has 0 unspecified atom stereocenters. The highest BCUT2D eigenvalue weighted by molar-refractivity contribution is 9.10. The van der Waals surface area contributed by atoms with Crippen LogP contribution in [0.4, 0.5) is 0 Å². The molecule has 0 fully saturated rings. The van der Waals surface area contributed by atoms with Gasteiger partial charge in [-0.15, -0.1) is 0 Å². The molecule has 80 valence electrons. The van der Waals surface area contributed by atoms with E-state index >= 15 is 0 Å². The smallest absolute Gasteiger partial charge is 0.0891 e. The molecule has 4 heteroatoms. The first kappa shape index (κ1) is 10.6. The van der Waals surface area contributed by atoms with Crippen LogP contribution in [0.25, 0.3) is 0 Å². The molecule has 0 saturated carbocycles. The first-order chi connectivity index (χ1) is 7.02. The van der Waals surface area contributed by atoms with Gasteiger partial charge in [0.15, 0.2) is 0 Å². The largest absolute Gasteiger partial charge is 0.411 e. The van der Waals surface area contributed by atoms with Crippen molar-refractivity contribution < 1.29 is 5.21 Å². The van der Waals surface area contributed by atoms with Crippen LogP contribution in [0.1, 0.15) is 31.5 Å². The van der Waals surface area contributed by atoms with E-state index in [0.29, 0.717) is 0 Å². The molecule has 1 aromatic heterocycles. The Balaban J connectivity index is 2.55. The molecule has 0 saturated heterocycles. The summed E-state index contributed by atoms with van der Waals surface area (Å²) in [4.78, 5) is 4.37. The summed E-state index contributed by atoms with van der Waals surface area (Å²) in [6, 6.07) is 1.96. The third-order valence-corrected chi connectivity index (χ3v) is 3.09. The van der Waals surface area contributed by atoms with Crippen molar-refractivity contribution >= 4 is 21.6 Å². The molecule has 0 aliphatic heterocycles. The van der Waals surface area contributed by atoms with Gasteiger partial charge in [0, 0.05) is 16.2 Å². The number of halogens is 1. The summed E-state index contributed by atoms with van der Waals surface area (Å²) < 4.78 is 0.919. The standard InChI is InChI=1S/C11H13BrN2O/c1-11(2)4-9-8(10(5-11)14-15)3-7(12)6-13-9/h3,6,15H,4-5H2,1-2H3/b14-10+. The van der Waals surface area contributed by atoms with Crippen LogP contribution < -0.4 is 0 Å². The first-order valence-corrected chi connectivity index (χ1v) is 5.67. The Morgan fingerprint density at radius 1 is 1.47 bits per heavy atom. The van der Waals surface area contributed by atoms with Crippen molar-refractivity contribution in [3.05, 3.63) is 28.0 Å². The summed E-state index contributed by atoms with van der Waals surface area (Å²) in [7, 11) is 0. The quantitative estimate of drug-likeness (QED) is 0.581. The average molecular weight is 269 g/mol. The fourth-order valence-electron chi connectivity index (χ4n) is 2.01. The zero-order valence-electron chi connectivity index (χ0n) is 8.79. The zero-order chi connectivity index (χ0) is 11.1. The van der Waals surface area contributed by atoms with E-state index < -0.39 is 0 Å². The second-order valence-electron chi connectivity index (χ2n) is 4.71. The lowest BCUT2D eigenvalue weighted by molar-refractivity contribution is 0.306. The summed E-state index contributed by atoms with van der Waals surface area (Å²) >= 11 is 3.38. The molecule has 0 atom stereocenters. The highest BCUT2D eigenvalue weighted by Gasteiger charge is 2.30. The van der Waals surface area contributed by atoms with Crippen LogP contribution in [-0.4, -0.2) is 15.9 Å². The van der Waals surface area contributed by atoms with Crippen LogP contribution in [0.15, 0.2) is 21.9 Å². The third-order valence-electron chi connectivity index (χ3n) is 2.66. The molecule has 1 aliphatic carbocycles. The first-order valence-electron chi connectivity index (χ1n) is 4.87. The van der Waals surface area contributed by atoms with Gasteiger partial charge in [-0.25, -0.2) is 0 Å². The highest BCUT2D eigenvalue weighted by Crippen LogP contribution is 2.34. The third kappa shape index (κ3) is 2.04. The van der Waals surface area contributed by atoms with Gasteiger partial charge in [0.25, 0.3) is 0 Å². The Kier molecular flexibility index (Phi) is 2.54. The lowest BCUT2D eigenvalue weighted by atomic mass is 9.75. The normalized spacial score (nSPS) is 21.4. The van der Waals surface area contributed by atoms with Gasteiger partial charge in [0.05, 0.1) is 11.4 Å². The summed E-state index contributed by atoms with van der Waals surface area (Å²) in [5.74, 6) is 0. The maximum atomic E-state index is 9.01. The van der Waals surface area contributed by atoms with Crippen LogP contribution in [0.3, 0.4) is 0 Å². The molecule has 0 spiro atoms. The maximum Gasteiger partial charge on any atom is 0.0891 e. The van der Waals surface area contributed by atoms with Gasteiger partial charge in [0.2, 0.25) is 0 Å². The number of fused-ring (bicyclic) bond motifs is 1. The molecule has 2 rings (SSSR count). The van der Waals surface area contributed by atoms with Gasteiger partial charge in [-0.2, -0.15) is 0 Å². The van der Waals surface area contributed by atoms with E-state index in [2.05, 4.69) is 39.9 Å². The van der Waals surface area contributed by atoms with Gasteiger partial charge in [-0.3, -0.25) is 4.98 Å². The van der Waals surface area contributed by atoms with Crippen molar-refractivity contribution in [3.8, 4) is 0 Å². The van der Waals surface area contributed by atoms with Crippen LogP contribution in [0.5, 0.6) is 0 Å². The van der Waals surface area contributed by atoms with E-state index in [1.807, 2.05) is 6.07 Å². The Bertz CT molecular complexity index is 427. The van der Waals surface area contributed by atoms with Crippen molar-refractivity contribution in [2.45, 2.75) is 26.7 Å². The average Bonchev–Trinajstić information content (AvgIpc) is 2.16. The van der Waals surface area contributed by atoms with Crippen LogP contribution in [0, 0.1) is 5.41 Å². The van der Waals surface area contributed by atoms with Crippen LogP contribution >= 0.6 is 15.9 Å². The molecule has 0 aromatic carbocycles. The van der Waals surface area contributed by atoms with Crippen LogP contribution in [-0.2, 0) is 6.42 Å². The second-order valence-corrected chi connectivity index (χ2v) is 5.63. The number of nitrogens with zero attached hydrogens (tertiary/aromatic N) is 2. The monoisotopic (exact) mass is 268 g/mol. The van der Waals surface area contributed by atoms with Crippen molar-refractivity contribution in [2.24, 2.45) is 10.6 Å². The molecule has 0 bridgehead atoms. The van der Waals surface area contributed by atoms with Gasteiger partial charge in [-0.05, 0) is 40.3 Å². The number of rotatable bonds is 0. The molecule has 0 amide bonds. The van der Waals surface area contributed by atoms with Gasteiger partial charge in [0.1, 0.15) is 0 Å². The SMILES string of the molecule is CC1(C)C/C(=N\O)c2cc(Br)cnc2C1. The number of pyridine rings is 1. The lowest BCUT2D eigenvalue weighted by Crippen LogP contribution is -2.28. The summed E-state index contributed by atoms with van der Waals surface area (Å²) in [6.07, 6.45) is 3.50. The number of hydrogen-bond donors (Lipinski definition) is 1. The molecule has 1 aliphatic rings. The predicted molar refractivity (Wildman–Crippen MR) is 62.4 cm³/mol. The van der Waals surface area contributed by atoms with E-state index in [1.165, 1.54) is 0 Å². The van der Waals surface area contributed by atoms with Crippen molar-refractivity contribution in [2.75, 3.05) is 0 Å². The fraction of sp³-hybridized carbons (Fsp3) is 0.455. The van der Waals surface area contributed by atoms with Gasteiger partial charge in [-0.1, -0.05) is 19.0 Å².